The maximum atomic E-state index is 10.5. The molecule has 0 fully saturated rings. The number of rotatable bonds is 5. The van der Waals surface area contributed by atoms with Gasteiger partial charge in [-0.2, -0.15) is 0 Å². The van der Waals surface area contributed by atoms with Crippen LogP contribution in [0.15, 0.2) is 28.9 Å². The van der Waals surface area contributed by atoms with Gasteiger partial charge in [0.15, 0.2) is 6.61 Å². The van der Waals surface area contributed by atoms with E-state index >= 15 is 0 Å². The van der Waals surface area contributed by atoms with Gasteiger partial charge in [0.1, 0.15) is 12.0 Å². The lowest BCUT2D eigenvalue weighted by Crippen LogP contribution is -2.01. The van der Waals surface area contributed by atoms with Crippen LogP contribution in [-0.2, 0) is 17.8 Å². The van der Waals surface area contributed by atoms with Crippen LogP contribution < -0.4 is 4.74 Å². The first-order valence-electron chi connectivity index (χ1n) is 5.89. The van der Waals surface area contributed by atoms with Crippen LogP contribution in [0, 0.1) is 13.8 Å². The first-order valence-corrected chi connectivity index (χ1v) is 5.89. The molecule has 0 radical (unpaired) electrons. The molecule has 19 heavy (non-hydrogen) atoms. The van der Waals surface area contributed by atoms with Crippen molar-refractivity contribution >= 4 is 5.97 Å². The molecule has 0 unspecified atom stereocenters. The van der Waals surface area contributed by atoms with Crippen molar-refractivity contribution in [2.24, 2.45) is 0 Å². The Bertz CT molecular complexity index is 589. The van der Waals surface area contributed by atoms with Crippen LogP contribution >= 0.6 is 0 Å². The van der Waals surface area contributed by atoms with Crippen molar-refractivity contribution in [3.63, 3.8) is 0 Å². The lowest BCUT2D eigenvalue weighted by atomic mass is 10.1. The zero-order valence-electron chi connectivity index (χ0n) is 10.8. The average Bonchev–Trinajstić information content (AvgIpc) is 2.77. The van der Waals surface area contributed by atoms with Crippen LogP contribution in [0.1, 0.15) is 22.7 Å². The second kappa shape index (κ2) is 5.56. The van der Waals surface area contributed by atoms with Crippen molar-refractivity contribution in [3.8, 4) is 5.75 Å². The van der Waals surface area contributed by atoms with Crippen LogP contribution in [0.25, 0.3) is 0 Å². The van der Waals surface area contributed by atoms with Crippen LogP contribution in [0.4, 0.5) is 0 Å². The number of nitrogens with zero attached hydrogens (tertiary/aromatic N) is 1. The van der Waals surface area contributed by atoms with Crippen molar-refractivity contribution in [2.75, 3.05) is 0 Å². The maximum Gasteiger partial charge on any atom is 0.309 e. The van der Waals surface area contributed by atoms with Gasteiger partial charge in [-0.05, 0) is 31.0 Å². The number of aliphatic carboxylic acids is 1. The summed E-state index contributed by atoms with van der Waals surface area (Å²) in [4.78, 5) is 14.6. The smallest absolute Gasteiger partial charge is 0.309 e. The Balaban J connectivity index is 2.00. The number of aromatic nitrogens is 1. The summed E-state index contributed by atoms with van der Waals surface area (Å²) in [7, 11) is 0. The summed E-state index contributed by atoms with van der Waals surface area (Å²) in [5.74, 6) is 0.213. The van der Waals surface area contributed by atoms with E-state index in [1.54, 1.807) is 0 Å². The normalized spacial score (nSPS) is 10.4. The molecule has 0 saturated heterocycles. The number of hydrogen-bond acceptors (Lipinski definition) is 4. The molecule has 0 aliphatic rings. The molecule has 2 rings (SSSR count). The van der Waals surface area contributed by atoms with Gasteiger partial charge in [0.05, 0.1) is 12.1 Å². The summed E-state index contributed by atoms with van der Waals surface area (Å²) in [5.41, 5.74) is 2.54. The standard InChI is InChI=1S/C14H15NO4/c1-9-3-4-10(2)12(5-9)18-8-13-15-11(7-19-13)6-14(16)17/h3-5,7H,6,8H2,1-2H3,(H,16,17). The fourth-order valence-corrected chi connectivity index (χ4v) is 1.65. The molecule has 5 nitrogen and oxygen atoms in total. The monoisotopic (exact) mass is 261 g/mol. The lowest BCUT2D eigenvalue weighted by Gasteiger charge is -2.07. The Hall–Kier alpha value is -2.30. The number of ether oxygens (including phenoxy) is 1. The van der Waals surface area contributed by atoms with Gasteiger partial charge in [0, 0.05) is 0 Å². The molecule has 0 saturated carbocycles. The van der Waals surface area contributed by atoms with Crippen LogP contribution in [0.2, 0.25) is 0 Å². The van der Waals surface area contributed by atoms with E-state index < -0.39 is 5.97 Å². The number of carbonyl (C=O) groups is 1. The van der Waals surface area contributed by atoms with Crippen molar-refractivity contribution in [1.82, 2.24) is 4.98 Å². The van der Waals surface area contributed by atoms with Gasteiger partial charge in [-0.25, -0.2) is 4.98 Å². The van der Waals surface area contributed by atoms with Gasteiger partial charge in [-0.15, -0.1) is 0 Å². The number of carboxylic acid groups (broad SMARTS) is 1. The highest BCUT2D eigenvalue weighted by atomic mass is 16.5. The molecule has 5 heteroatoms. The van der Waals surface area contributed by atoms with Crippen molar-refractivity contribution in [1.29, 1.82) is 0 Å². The summed E-state index contributed by atoms with van der Waals surface area (Å²) in [6.07, 6.45) is 1.20. The van der Waals surface area contributed by atoms with E-state index in [4.69, 9.17) is 14.3 Å². The van der Waals surface area contributed by atoms with Gasteiger partial charge in [-0.3, -0.25) is 4.79 Å². The highest BCUT2D eigenvalue weighted by Gasteiger charge is 2.09. The molecule has 1 N–H and O–H groups in total. The van der Waals surface area contributed by atoms with Crippen LogP contribution in [0.3, 0.4) is 0 Å². The molecule has 1 aromatic heterocycles. The molecule has 0 bridgehead atoms. The summed E-state index contributed by atoms with van der Waals surface area (Å²) < 4.78 is 10.8. The van der Waals surface area contributed by atoms with E-state index in [1.165, 1.54) is 6.26 Å². The van der Waals surface area contributed by atoms with Gasteiger partial charge < -0.3 is 14.3 Å². The third-order valence-corrected chi connectivity index (χ3v) is 2.63. The van der Waals surface area contributed by atoms with Gasteiger partial charge >= 0.3 is 5.97 Å². The van der Waals surface area contributed by atoms with Crippen molar-refractivity contribution in [3.05, 3.63) is 47.2 Å². The Morgan fingerprint density at radius 2 is 2.21 bits per heavy atom. The number of benzene rings is 1. The predicted molar refractivity (Wildman–Crippen MR) is 68.1 cm³/mol. The molecule has 0 aliphatic heterocycles. The molecular formula is C14H15NO4. The summed E-state index contributed by atoms with van der Waals surface area (Å²) in [6, 6.07) is 5.94. The molecule has 0 amide bonds. The average molecular weight is 261 g/mol. The van der Waals surface area contributed by atoms with Gasteiger partial charge in [-0.1, -0.05) is 12.1 Å². The zero-order chi connectivity index (χ0) is 13.8. The van der Waals surface area contributed by atoms with Gasteiger partial charge in [0.2, 0.25) is 5.89 Å². The largest absolute Gasteiger partial charge is 0.484 e. The molecule has 100 valence electrons. The molecule has 0 aliphatic carbocycles. The predicted octanol–water partition coefficient (Wildman–Crippen LogP) is 2.50. The highest BCUT2D eigenvalue weighted by molar-refractivity contribution is 5.69. The van der Waals surface area contributed by atoms with E-state index in [9.17, 15) is 4.79 Å². The van der Waals surface area contributed by atoms with E-state index in [1.807, 2.05) is 32.0 Å². The number of carboxylic acids is 1. The molecule has 1 heterocycles. The third-order valence-electron chi connectivity index (χ3n) is 2.63. The maximum absolute atomic E-state index is 10.5. The Labute approximate surface area is 110 Å². The van der Waals surface area contributed by atoms with Crippen molar-refractivity contribution in [2.45, 2.75) is 26.9 Å². The second-order valence-electron chi connectivity index (χ2n) is 4.36. The first kappa shape index (κ1) is 13.1. The third kappa shape index (κ3) is 3.58. The fourth-order valence-electron chi connectivity index (χ4n) is 1.65. The summed E-state index contributed by atoms with van der Waals surface area (Å²) >= 11 is 0. The zero-order valence-corrected chi connectivity index (χ0v) is 10.8. The molecule has 0 spiro atoms. The van der Waals surface area contributed by atoms with E-state index in [0.717, 1.165) is 16.9 Å². The molecule has 0 atom stereocenters. The molecular weight excluding hydrogens is 246 g/mol. The summed E-state index contributed by atoms with van der Waals surface area (Å²) in [6.45, 7) is 4.13. The Kier molecular flexibility index (Phi) is 3.85. The van der Waals surface area contributed by atoms with Crippen LogP contribution in [0.5, 0.6) is 5.75 Å². The minimum Gasteiger partial charge on any atom is -0.484 e. The lowest BCUT2D eigenvalue weighted by molar-refractivity contribution is -0.136. The SMILES string of the molecule is Cc1ccc(C)c(OCc2nc(CC(=O)O)co2)c1. The van der Waals surface area contributed by atoms with E-state index in [0.29, 0.717) is 11.6 Å². The summed E-state index contributed by atoms with van der Waals surface area (Å²) in [5, 5.41) is 8.64. The topological polar surface area (TPSA) is 72.6 Å². The Morgan fingerprint density at radius 3 is 2.95 bits per heavy atom. The number of aryl methyl sites for hydroxylation is 2. The number of oxazole rings is 1. The molecule has 2 aromatic rings. The Morgan fingerprint density at radius 1 is 1.42 bits per heavy atom. The quantitative estimate of drug-likeness (QED) is 0.895. The number of hydrogen-bond donors (Lipinski definition) is 1. The van der Waals surface area contributed by atoms with Crippen LogP contribution in [-0.4, -0.2) is 16.1 Å². The molecule has 1 aromatic carbocycles. The highest BCUT2D eigenvalue weighted by Crippen LogP contribution is 2.20. The van der Waals surface area contributed by atoms with Crippen molar-refractivity contribution < 1.29 is 19.1 Å². The first-order chi connectivity index (χ1) is 9.04. The fraction of sp³-hybridized carbons (Fsp3) is 0.286. The van der Waals surface area contributed by atoms with Gasteiger partial charge in [0.25, 0.3) is 0 Å². The minimum absolute atomic E-state index is 0.146. The second-order valence-corrected chi connectivity index (χ2v) is 4.36. The van der Waals surface area contributed by atoms with E-state index in [-0.39, 0.29) is 13.0 Å². The van der Waals surface area contributed by atoms with E-state index in [2.05, 4.69) is 4.98 Å². The minimum atomic E-state index is -0.935.